The molecule has 0 aliphatic rings. The molecule has 0 radical (unpaired) electrons. The minimum Gasteiger partial charge on any atom is -0.497 e. The molecule has 1 atom stereocenters. The number of nitrogens with two attached hydrogens (primary N) is 1. The Bertz CT molecular complexity index is 831. The number of para-hydroxylation sites is 1. The van der Waals surface area contributed by atoms with Crippen LogP contribution in [0.15, 0.2) is 48.5 Å². The first kappa shape index (κ1) is 19.1. The van der Waals surface area contributed by atoms with Gasteiger partial charge < -0.3 is 24.9 Å². The van der Waals surface area contributed by atoms with Gasteiger partial charge in [0, 0.05) is 24.0 Å². The van der Waals surface area contributed by atoms with Crippen molar-refractivity contribution in [2.75, 3.05) is 13.7 Å². The summed E-state index contributed by atoms with van der Waals surface area (Å²) in [5.74, 6) is 2.24. The van der Waals surface area contributed by atoms with Crippen molar-refractivity contribution < 1.29 is 14.6 Å². The van der Waals surface area contributed by atoms with E-state index in [1.54, 1.807) is 7.11 Å². The average Bonchev–Trinajstić information content (AvgIpc) is 2.88. The Kier molecular flexibility index (Phi) is 6.31. The fourth-order valence-corrected chi connectivity index (χ4v) is 2.86. The van der Waals surface area contributed by atoms with Gasteiger partial charge in [-0.3, -0.25) is 0 Å². The van der Waals surface area contributed by atoms with Crippen LogP contribution in [0.25, 0.3) is 10.9 Å². The number of hydrogen-bond donors (Lipinski definition) is 2. The Hall–Kier alpha value is -2.21. The summed E-state index contributed by atoms with van der Waals surface area (Å²) in [4.78, 5) is 0. The predicted octanol–water partition coefficient (Wildman–Crippen LogP) is 3.26. The number of aryl methyl sites for hydroxylation is 1. The Morgan fingerprint density at radius 1 is 1.08 bits per heavy atom. The second-order valence-electron chi connectivity index (χ2n) is 5.78. The molecule has 0 saturated carbocycles. The second-order valence-corrected chi connectivity index (χ2v) is 5.78. The van der Waals surface area contributed by atoms with Gasteiger partial charge in [-0.25, -0.2) is 0 Å². The maximum absolute atomic E-state index is 9.33. The minimum atomic E-state index is -0.325. The highest BCUT2D eigenvalue weighted by atomic mass is 35.5. The van der Waals surface area contributed by atoms with E-state index in [9.17, 15) is 5.11 Å². The van der Waals surface area contributed by atoms with Crippen LogP contribution in [0.3, 0.4) is 0 Å². The molecule has 1 aromatic heterocycles. The number of aliphatic hydroxyl groups is 1. The molecule has 0 spiro atoms. The first-order valence-corrected chi connectivity index (χ1v) is 7.88. The monoisotopic (exact) mass is 362 g/mol. The summed E-state index contributed by atoms with van der Waals surface area (Å²) in [6.07, 6.45) is 0.545. The Morgan fingerprint density at radius 3 is 2.36 bits per heavy atom. The summed E-state index contributed by atoms with van der Waals surface area (Å²) in [7, 11) is 3.60. The third-order valence-electron chi connectivity index (χ3n) is 4.13. The summed E-state index contributed by atoms with van der Waals surface area (Å²) in [6, 6.07) is 15.2. The van der Waals surface area contributed by atoms with Crippen LogP contribution in [0.1, 0.15) is 5.56 Å². The molecular weight excluding hydrogens is 340 g/mol. The van der Waals surface area contributed by atoms with E-state index in [2.05, 4.69) is 6.07 Å². The maximum atomic E-state index is 9.33. The van der Waals surface area contributed by atoms with Gasteiger partial charge in [0.15, 0.2) is 0 Å². The lowest BCUT2D eigenvalue weighted by Crippen LogP contribution is -2.26. The predicted molar refractivity (Wildman–Crippen MR) is 102 cm³/mol. The second kappa shape index (κ2) is 8.25. The number of benzene rings is 2. The van der Waals surface area contributed by atoms with E-state index in [1.165, 1.54) is 0 Å². The van der Waals surface area contributed by atoms with Gasteiger partial charge in [-0.15, -0.1) is 12.4 Å². The number of halogens is 1. The fraction of sp³-hybridized carbons (Fsp3) is 0.263. The van der Waals surface area contributed by atoms with E-state index in [0.717, 1.165) is 33.8 Å². The zero-order chi connectivity index (χ0) is 17.1. The lowest BCUT2D eigenvalue weighted by atomic mass is 10.1. The number of aliphatic hydroxyl groups excluding tert-OH is 1. The summed E-state index contributed by atoms with van der Waals surface area (Å²) in [5.41, 5.74) is 8.05. The van der Waals surface area contributed by atoms with Crippen LogP contribution >= 0.6 is 12.4 Å². The van der Waals surface area contributed by atoms with E-state index < -0.39 is 0 Å². The van der Waals surface area contributed by atoms with E-state index in [1.807, 2.05) is 54.1 Å². The van der Waals surface area contributed by atoms with Gasteiger partial charge in [-0.05, 0) is 36.8 Å². The van der Waals surface area contributed by atoms with Crippen LogP contribution < -0.4 is 15.2 Å². The molecular formula is C19H23ClN2O3. The molecule has 0 aliphatic heterocycles. The van der Waals surface area contributed by atoms with Crippen molar-refractivity contribution in [2.24, 2.45) is 12.8 Å². The summed E-state index contributed by atoms with van der Waals surface area (Å²) in [5, 5.41) is 10.4. The molecule has 2 aromatic carbocycles. The molecule has 0 fully saturated rings. The van der Waals surface area contributed by atoms with Gasteiger partial charge in [0.05, 0.1) is 19.2 Å². The number of nitrogens with zero attached hydrogens (tertiary/aromatic N) is 1. The molecule has 0 amide bonds. The number of aromatic nitrogens is 1. The van der Waals surface area contributed by atoms with Crippen LogP contribution in [0.5, 0.6) is 17.4 Å². The number of ether oxygens (including phenoxy) is 2. The molecule has 134 valence electrons. The van der Waals surface area contributed by atoms with Crippen LogP contribution in [0, 0.1) is 0 Å². The highest BCUT2D eigenvalue weighted by Gasteiger charge is 2.19. The fourth-order valence-electron chi connectivity index (χ4n) is 2.86. The molecule has 5 nitrogen and oxygen atoms in total. The molecule has 0 saturated heterocycles. The number of rotatable bonds is 6. The van der Waals surface area contributed by atoms with E-state index >= 15 is 0 Å². The zero-order valence-electron chi connectivity index (χ0n) is 14.3. The molecule has 1 heterocycles. The molecule has 0 aliphatic carbocycles. The number of hydrogen-bond acceptors (Lipinski definition) is 4. The van der Waals surface area contributed by atoms with Gasteiger partial charge in [0.25, 0.3) is 0 Å². The van der Waals surface area contributed by atoms with Crippen LogP contribution in [0.4, 0.5) is 0 Å². The van der Waals surface area contributed by atoms with Crippen LogP contribution in [-0.4, -0.2) is 29.4 Å². The van der Waals surface area contributed by atoms with E-state index in [4.69, 9.17) is 15.2 Å². The first-order chi connectivity index (χ1) is 11.6. The quantitative estimate of drug-likeness (QED) is 0.706. The molecule has 3 N–H and O–H groups in total. The van der Waals surface area contributed by atoms with E-state index in [0.29, 0.717) is 6.42 Å². The van der Waals surface area contributed by atoms with Crippen LogP contribution in [0.2, 0.25) is 0 Å². The molecule has 1 unspecified atom stereocenters. The molecule has 0 bridgehead atoms. The summed E-state index contributed by atoms with van der Waals surface area (Å²) >= 11 is 0. The SMILES string of the molecule is COc1ccc(Oc2c(CC(N)CO)c3ccccc3n2C)cc1.Cl. The smallest absolute Gasteiger partial charge is 0.204 e. The van der Waals surface area contributed by atoms with Crippen molar-refractivity contribution in [1.82, 2.24) is 4.57 Å². The van der Waals surface area contributed by atoms with Crippen molar-refractivity contribution in [3.8, 4) is 17.4 Å². The molecule has 3 aromatic rings. The Morgan fingerprint density at radius 2 is 1.72 bits per heavy atom. The summed E-state index contributed by atoms with van der Waals surface area (Å²) < 4.78 is 13.3. The number of fused-ring (bicyclic) bond motifs is 1. The van der Waals surface area contributed by atoms with Crippen LogP contribution in [-0.2, 0) is 13.5 Å². The van der Waals surface area contributed by atoms with Crippen molar-refractivity contribution in [1.29, 1.82) is 0 Å². The molecule has 6 heteroatoms. The van der Waals surface area contributed by atoms with Gasteiger partial charge in [0.1, 0.15) is 11.5 Å². The summed E-state index contributed by atoms with van der Waals surface area (Å²) in [6.45, 7) is -0.0643. The average molecular weight is 363 g/mol. The Labute approximate surface area is 153 Å². The van der Waals surface area contributed by atoms with Crippen molar-refractivity contribution in [3.63, 3.8) is 0 Å². The molecule has 3 rings (SSSR count). The highest BCUT2D eigenvalue weighted by Crippen LogP contribution is 2.35. The molecule has 25 heavy (non-hydrogen) atoms. The van der Waals surface area contributed by atoms with Gasteiger partial charge in [-0.1, -0.05) is 18.2 Å². The van der Waals surface area contributed by atoms with Crippen molar-refractivity contribution >= 4 is 23.3 Å². The zero-order valence-corrected chi connectivity index (χ0v) is 15.1. The topological polar surface area (TPSA) is 69.6 Å². The van der Waals surface area contributed by atoms with Gasteiger partial charge >= 0.3 is 0 Å². The highest BCUT2D eigenvalue weighted by molar-refractivity contribution is 5.87. The lowest BCUT2D eigenvalue weighted by molar-refractivity contribution is 0.264. The van der Waals surface area contributed by atoms with Crippen molar-refractivity contribution in [3.05, 3.63) is 54.1 Å². The van der Waals surface area contributed by atoms with E-state index in [-0.39, 0.29) is 25.1 Å². The maximum Gasteiger partial charge on any atom is 0.204 e. The van der Waals surface area contributed by atoms with Gasteiger partial charge in [0.2, 0.25) is 5.88 Å². The first-order valence-electron chi connectivity index (χ1n) is 7.88. The Balaban J connectivity index is 0.00000225. The third kappa shape index (κ3) is 3.90. The van der Waals surface area contributed by atoms with Crippen molar-refractivity contribution in [2.45, 2.75) is 12.5 Å². The number of methoxy groups -OCH3 is 1. The van der Waals surface area contributed by atoms with Gasteiger partial charge in [-0.2, -0.15) is 0 Å². The largest absolute Gasteiger partial charge is 0.497 e. The minimum absolute atomic E-state index is 0. The third-order valence-corrected chi connectivity index (χ3v) is 4.13. The standard InChI is InChI=1S/C19H22N2O3.ClH/c1-21-18-6-4-3-5-16(18)17(11-13(20)12-22)19(21)24-15-9-7-14(23-2)8-10-15;/h3-10,13,22H,11-12,20H2,1-2H3;1H. The lowest BCUT2D eigenvalue weighted by Gasteiger charge is -2.12. The normalized spacial score (nSPS) is 11.8.